The van der Waals surface area contributed by atoms with Gasteiger partial charge >= 0.3 is 0 Å². The van der Waals surface area contributed by atoms with Crippen LogP contribution >= 0.6 is 23.1 Å². The van der Waals surface area contributed by atoms with Crippen LogP contribution in [0.4, 0.5) is 9.52 Å². The van der Waals surface area contributed by atoms with Crippen LogP contribution in [0.3, 0.4) is 0 Å². The summed E-state index contributed by atoms with van der Waals surface area (Å²) in [7, 11) is 0. The molecule has 2 aromatic rings. The van der Waals surface area contributed by atoms with Crippen molar-refractivity contribution in [2.75, 3.05) is 11.1 Å². The van der Waals surface area contributed by atoms with Crippen LogP contribution in [0.1, 0.15) is 19.8 Å². The van der Waals surface area contributed by atoms with E-state index in [1.54, 1.807) is 28.8 Å². The molecule has 1 aromatic heterocycles. The molecule has 1 N–H and O–H groups in total. The summed E-state index contributed by atoms with van der Waals surface area (Å²) in [4.78, 5) is 30.6. The van der Waals surface area contributed by atoms with Crippen molar-refractivity contribution in [2.24, 2.45) is 0 Å². The van der Waals surface area contributed by atoms with Crippen molar-refractivity contribution in [3.05, 3.63) is 35.5 Å². The van der Waals surface area contributed by atoms with E-state index >= 15 is 0 Å². The number of nitrogens with zero attached hydrogens (tertiary/aromatic N) is 2. The number of amides is 2. The Morgan fingerprint density at radius 1 is 1.40 bits per heavy atom. The van der Waals surface area contributed by atoms with Gasteiger partial charge in [0, 0.05) is 23.1 Å². The third kappa shape index (κ3) is 2.93. The molecule has 130 valence electrons. The molecule has 4 rings (SSSR count). The van der Waals surface area contributed by atoms with Gasteiger partial charge in [-0.2, -0.15) is 0 Å². The van der Waals surface area contributed by atoms with Crippen molar-refractivity contribution in [1.29, 1.82) is 0 Å². The van der Waals surface area contributed by atoms with E-state index in [1.165, 1.54) is 23.5 Å². The number of thioether (sulfide) groups is 1. The Hall–Kier alpha value is -1.93. The fraction of sp³-hybridized carbons (Fsp3) is 0.353. The van der Waals surface area contributed by atoms with Crippen LogP contribution in [-0.4, -0.2) is 38.4 Å². The van der Waals surface area contributed by atoms with Crippen molar-refractivity contribution in [3.8, 4) is 11.3 Å². The van der Waals surface area contributed by atoms with E-state index in [2.05, 4.69) is 10.3 Å². The molecule has 5 nitrogen and oxygen atoms in total. The number of halogens is 1. The van der Waals surface area contributed by atoms with Crippen molar-refractivity contribution >= 4 is 40.0 Å². The first-order valence-electron chi connectivity index (χ1n) is 7.95. The third-order valence-electron chi connectivity index (χ3n) is 4.62. The minimum Gasteiger partial charge on any atom is -0.315 e. The van der Waals surface area contributed by atoms with Gasteiger partial charge in [-0.15, -0.1) is 23.1 Å². The van der Waals surface area contributed by atoms with E-state index < -0.39 is 6.04 Å². The molecule has 2 fully saturated rings. The van der Waals surface area contributed by atoms with Gasteiger partial charge in [0.25, 0.3) is 0 Å². The number of fused-ring (bicyclic) bond motifs is 1. The maximum absolute atomic E-state index is 13.0. The molecule has 1 aromatic carbocycles. The molecule has 0 bridgehead atoms. The monoisotopic (exact) mass is 377 g/mol. The summed E-state index contributed by atoms with van der Waals surface area (Å²) in [6.07, 6.45) is 1.28. The van der Waals surface area contributed by atoms with E-state index in [0.29, 0.717) is 23.0 Å². The second-order valence-electron chi connectivity index (χ2n) is 6.30. The van der Waals surface area contributed by atoms with E-state index in [-0.39, 0.29) is 22.5 Å². The lowest BCUT2D eigenvalue weighted by molar-refractivity contribution is -0.135. The molecule has 0 aliphatic carbocycles. The quantitative estimate of drug-likeness (QED) is 0.891. The Labute approximate surface area is 152 Å². The van der Waals surface area contributed by atoms with Gasteiger partial charge in [-0.05, 0) is 37.6 Å². The van der Waals surface area contributed by atoms with Gasteiger partial charge < -0.3 is 10.2 Å². The van der Waals surface area contributed by atoms with Crippen LogP contribution in [0.25, 0.3) is 11.3 Å². The number of hydrogen-bond acceptors (Lipinski definition) is 5. The maximum atomic E-state index is 13.0. The number of thiazole rings is 1. The van der Waals surface area contributed by atoms with Crippen molar-refractivity contribution in [3.63, 3.8) is 0 Å². The van der Waals surface area contributed by atoms with Crippen LogP contribution in [0.5, 0.6) is 0 Å². The molecule has 8 heteroatoms. The van der Waals surface area contributed by atoms with Crippen molar-refractivity contribution in [2.45, 2.75) is 30.7 Å². The van der Waals surface area contributed by atoms with Crippen LogP contribution in [0.2, 0.25) is 0 Å². The van der Waals surface area contributed by atoms with Gasteiger partial charge in [-0.3, -0.25) is 9.59 Å². The smallest absolute Gasteiger partial charge is 0.249 e. The van der Waals surface area contributed by atoms with Crippen LogP contribution in [0, 0.1) is 5.82 Å². The zero-order valence-corrected chi connectivity index (χ0v) is 15.1. The highest BCUT2D eigenvalue weighted by Gasteiger charge is 2.52. The van der Waals surface area contributed by atoms with Gasteiger partial charge in [0.1, 0.15) is 11.9 Å². The van der Waals surface area contributed by atoms with Gasteiger partial charge in [0.15, 0.2) is 5.13 Å². The number of aromatic nitrogens is 1. The Morgan fingerprint density at radius 2 is 2.16 bits per heavy atom. The predicted molar refractivity (Wildman–Crippen MR) is 96.9 cm³/mol. The minimum atomic E-state index is -0.455. The highest BCUT2D eigenvalue weighted by atomic mass is 32.2. The third-order valence-corrected chi connectivity index (χ3v) is 6.88. The Kier molecular flexibility index (Phi) is 4.04. The van der Waals surface area contributed by atoms with E-state index in [1.807, 2.05) is 12.3 Å². The Bertz CT molecular complexity index is 839. The van der Waals surface area contributed by atoms with E-state index in [9.17, 15) is 14.0 Å². The minimum absolute atomic E-state index is 0.0405. The second-order valence-corrected chi connectivity index (χ2v) is 8.66. The lowest BCUT2D eigenvalue weighted by atomic mass is 10.2. The number of anilines is 1. The molecule has 0 unspecified atom stereocenters. The largest absolute Gasteiger partial charge is 0.315 e. The standard InChI is InChI=1S/C17H16FN3O2S2/c1-17-7-6-14(22)21(17)13(9-25-17)15(23)20-16-19-12(8-24-16)10-2-4-11(18)5-3-10/h2-5,8,13H,6-7,9H2,1H3,(H,19,20,23)/t13-,17+/m0/s1. The summed E-state index contributed by atoms with van der Waals surface area (Å²) < 4.78 is 13.0. The fourth-order valence-corrected chi connectivity index (χ4v) is 5.44. The van der Waals surface area contributed by atoms with Crippen LogP contribution in [0.15, 0.2) is 29.6 Å². The number of rotatable bonds is 3. The lowest BCUT2D eigenvalue weighted by Gasteiger charge is -2.29. The van der Waals surface area contributed by atoms with Crippen LogP contribution < -0.4 is 5.32 Å². The fourth-order valence-electron chi connectivity index (χ4n) is 3.29. The summed E-state index contributed by atoms with van der Waals surface area (Å²) in [5.41, 5.74) is 1.47. The maximum Gasteiger partial charge on any atom is 0.249 e. The topological polar surface area (TPSA) is 62.3 Å². The molecule has 0 saturated carbocycles. The summed E-state index contributed by atoms with van der Waals surface area (Å²) in [6.45, 7) is 2.02. The molecular formula is C17H16FN3O2S2. The lowest BCUT2D eigenvalue weighted by Crippen LogP contribution is -2.48. The molecule has 2 amide bonds. The molecular weight excluding hydrogens is 361 g/mol. The molecule has 2 saturated heterocycles. The molecule has 0 radical (unpaired) electrons. The first-order chi connectivity index (χ1) is 12.0. The Balaban J connectivity index is 1.49. The zero-order valence-electron chi connectivity index (χ0n) is 13.5. The van der Waals surface area contributed by atoms with E-state index in [4.69, 9.17) is 0 Å². The Morgan fingerprint density at radius 3 is 2.92 bits per heavy atom. The molecule has 2 aliphatic rings. The summed E-state index contributed by atoms with van der Waals surface area (Å²) >= 11 is 2.97. The second kappa shape index (κ2) is 6.10. The van der Waals surface area contributed by atoms with Crippen molar-refractivity contribution in [1.82, 2.24) is 9.88 Å². The molecule has 25 heavy (non-hydrogen) atoms. The number of nitrogens with one attached hydrogen (secondary N) is 1. The SMILES string of the molecule is C[C@@]12CCC(=O)N1[C@H](C(=O)Nc1nc(-c3ccc(F)cc3)cs1)CS2. The molecule has 3 heterocycles. The predicted octanol–water partition coefficient (Wildman–Crippen LogP) is 3.34. The number of carbonyl (C=O) groups excluding carboxylic acids is 2. The van der Waals surface area contributed by atoms with E-state index in [0.717, 1.165) is 12.0 Å². The highest BCUT2D eigenvalue weighted by Crippen LogP contribution is 2.47. The summed E-state index contributed by atoms with van der Waals surface area (Å²) in [5.74, 6) is 0.138. The zero-order chi connectivity index (χ0) is 17.6. The van der Waals surface area contributed by atoms with Gasteiger partial charge in [0.05, 0.1) is 10.6 Å². The molecule has 0 spiro atoms. The molecule has 2 aliphatic heterocycles. The van der Waals surface area contributed by atoms with Gasteiger partial charge in [-0.1, -0.05) is 0 Å². The first kappa shape index (κ1) is 16.5. The number of hydrogen-bond donors (Lipinski definition) is 1. The normalized spacial score (nSPS) is 25.3. The number of carbonyl (C=O) groups is 2. The average molecular weight is 377 g/mol. The number of benzene rings is 1. The summed E-state index contributed by atoms with van der Waals surface area (Å²) in [5, 5.41) is 5.12. The van der Waals surface area contributed by atoms with Crippen LogP contribution in [-0.2, 0) is 9.59 Å². The highest BCUT2D eigenvalue weighted by molar-refractivity contribution is 8.01. The van der Waals surface area contributed by atoms with Gasteiger partial charge in [0.2, 0.25) is 11.8 Å². The summed E-state index contributed by atoms with van der Waals surface area (Å²) in [6, 6.07) is 5.60. The molecule has 2 atom stereocenters. The van der Waals surface area contributed by atoms with Crippen molar-refractivity contribution < 1.29 is 14.0 Å². The first-order valence-corrected chi connectivity index (χ1v) is 9.81. The van der Waals surface area contributed by atoms with Gasteiger partial charge in [-0.25, -0.2) is 9.37 Å². The average Bonchev–Trinajstić information content (AvgIpc) is 3.25.